The van der Waals surface area contributed by atoms with Crippen LogP contribution in [0.15, 0.2) is 12.1 Å². The van der Waals surface area contributed by atoms with Gasteiger partial charge >= 0.3 is 5.69 Å². The van der Waals surface area contributed by atoms with Crippen LogP contribution in [0, 0.1) is 10.1 Å². The van der Waals surface area contributed by atoms with E-state index in [4.69, 9.17) is 4.74 Å². The highest BCUT2D eigenvalue weighted by atomic mass is 16.6. The highest BCUT2D eigenvalue weighted by Crippen LogP contribution is 2.24. The van der Waals surface area contributed by atoms with Crippen LogP contribution in [-0.2, 0) is 4.74 Å². The maximum atomic E-state index is 11.0. The van der Waals surface area contributed by atoms with Gasteiger partial charge in [-0.2, -0.15) is 0 Å². The normalized spacial score (nSPS) is 19.2. The van der Waals surface area contributed by atoms with Crippen molar-refractivity contribution in [2.24, 2.45) is 0 Å². The van der Waals surface area contributed by atoms with E-state index in [1.807, 2.05) is 0 Å². The quantitative estimate of drug-likeness (QED) is 0.601. The molecular formula is C13H21N5O3. The number of nitrogens with zero attached hydrogens (tertiary/aromatic N) is 3. The predicted molar refractivity (Wildman–Crippen MR) is 80.8 cm³/mol. The lowest BCUT2D eigenvalue weighted by Crippen LogP contribution is -2.45. The Morgan fingerprint density at radius 3 is 3.05 bits per heavy atom. The van der Waals surface area contributed by atoms with E-state index in [1.54, 1.807) is 13.1 Å². The molecule has 0 aliphatic carbocycles. The van der Waals surface area contributed by atoms with E-state index >= 15 is 0 Å². The molecule has 8 heteroatoms. The van der Waals surface area contributed by atoms with Crippen LogP contribution in [0.4, 0.5) is 17.3 Å². The van der Waals surface area contributed by atoms with Gasteiger partial charge in [0.2, 0.25) is 5.82 Å². The van der Waals surface area contributed by atoms with Crippen LogP contribution in [-0.4, -0.2) is 60.7 Å². The van der Waals surface area contributed by atoms with Gasteiger partial charge < -0.3 is 15.4 Å². The summed E-state index contributed by atoms with van der Waals surface area (Å²) in [6.07, 6.45) is 0.0124. The van der Waals surface area contributed by atoms with Crippen molar-refractivity contribution in [2.75, 3.05) is 50.5 Å². The molecule has 0 bridgehead atoms. The fourth-order valence-electron chi connectivity index (χ4n) is 2.27. The lowest BCUT2D eigenvalue weighted by molar-refractivity contribution is -0.384. The number of hydrogen-bond donors (Lipinski definition) is 2. The second-order valence-corrected chi connectivity index (χ2v) is 4.84. The van der Waals surface area contributed by atoms with E-state index in [-0.39, 0.29) is 17.6 Å². The van der Waals surface area contributed by atoms with E-state index in [9.17, 15) is 10.1 Å². The lowest BCUT2D eigenvalue weighted by Gasteiger charge is -2.32. The number of likely N-dealkylation sites (N-methyl/N-ethyl adjacent to an activating group) is 1. The zero-order chi connectivity index (χ0) is 15.2. The maximum absolute atomic E-state index is 11.0. The van der Waals surface area contributed by atoms with Crippen molar-refractivity contribution in [3.8, 4) is 0 Å². The molecular weight excluding hydrogens is 274 g/mol. The van der Waals surface area contributed by atoms with Gasteiger partial charge in [0.25, 0.3) is 0 Å². The molecule has 21 heavy (non-hydrogen) atoms. The number of rotatable bonds is 6. The van der Waals surface area contributed by atoms with Crippen LogP contribution >= 0.6 is 0 Å². The third-order valence-corrected chi connectivity index (χ3v) is 3.49. The lowest BCUT2D eigenvalue weighted by atomic mass is 10.2. The molecule has 2 N–H and O–H groups in total. The topological polar surface area (TPSA) is 92.6 Å². The van der Waals surface area contributed by atoms with Gasteiger partial charge in [-0.1, -0.05) is 6.92 Å². The Morgan fingerprint density at radius 1 is 1.57 bits per heavy atom. The van der Waals surface area contributed by atoms with Gasteiger partial charge in [-0.25, -0.2) is 4.98 Å². The molecule has 2 heterocycles. The first-order chi connectivity index (χ1) is 10.1. The molecule has 0 radical (unpaired) electrons. The van der Waals surface area contributed by atoms with E-state index in [0.717, 1.165) is 19.6 Å². The minimum Gasteiger partial charge on any atom is -0.374 e. The van der Waals surface area contributed by atoms with Gasteiger partial charge in [-0.15, -0.1) is 0 Å². The predicted octanol–water partition coefficient (Wildman–Crippen LogP) is 1.16. The number of pyridine rings is 1. The zero-order valence-electron chi connectivity index (χ0n) is 12.3. The fourth-order valence-corrected chi connectivity index (χ4v) is 2.27. The molecule has 0 spiro atoms. The molecule has 1 aliphatic heterocycles. The molecule has 116 valence electrons. The Bertz CT molecular complexity index is 497. The summed E-state index contributed by atoms with van der Waals surface area (Å²) in [6.45, 7) is 6.03. The SMILES string of the molecule is CCN1CCOC(CNc2nc(NC)ccc2[N+](=O)[O-])C1. The first-order valence-electron chi connectivity index (χ1n) is 7.05. The number of anilines is 2. The van der Waals surface area contributed by atoms with Crippen molar-refractivity contribution in [1.29, 1.82) is 0 Å². The average molecular weight is 295 g/mol. The maximum Gasteiger partial charge on any atom is 0.311 e. The summed E-state index contributed by atoms with van der Waals surface area (Å²) in [5, 5.41) is 17.0. The van der Waals surface area contributed by atoms with Crippen molar-refractivity contribution in [3.05, 3.63) is 22.2 Å². The van der Waals surface area contributed by atoms with E-state index in [1.165, 1.54) is 6.07 Å². The number of nitrogens with one attached hydrogen (secondary N) is 2. The third-order valence-electron chi connectivity index (χ3n) is 3.49. The Balaban J connectivity index is 2.02. The molecule has 1 fully saturated rings. The highest BCUT2D eigenvalue weighted by molar-refractivity contribution is 5.60. The summed E-state index contributed by atoms with van der Waals surface area (Å²) in [7, 11) is 1.72. The van der Waals surface area contributed by atoms with Crippen LogP contribution in [0.5, 0.6) is 0 Å². The van der Waals surface area contributed by atoms with Crippen LogP contribution in [0.2, 0.25) is 0 Å². The Kier molecular flexibility index (Phi) is 5.29. The summed E-state index contributed by atoms with van der Waals surface area (Å²) < 4.78 is 5.67. The number of hydrogen-bond acceptors (Lipinski definition) is 7. The summed E-state index contributed by atoms with van der Waals surface area (Å²) in [4.78, 5) is 17.1. The molecule has 1 aromatic heterocycles. The Labute approximate surface area is 123 Å². The molecule has 0 amide bonds. The Hall–Kier alpha value is -1.93. The number of aromatic nitrogens is 1. The first-order valence-corrected chi connectivity index (χ1v) is 7.05. The van der Waals surface area contributed by atoms with Gasteiger partial charge in [-0.3, -0.25) is 15.0 Å². The molecule has 1 unspecified atom stereocenters. The van der Waals surface area contributed by atoms with E-state index in [2.05, 4.69) is 27.4 Å². The van der Waals surface area contributed by atoms with Gasteiger partial charge in [0.15, 0.2) is 0 Å². The summed E-state index contributed by atoms with van der Waals surface area (Å²) in [5.74, 6) is 0.854. The van der Waals surface area contributed by atoms with Crippen molar-refractivity contribution >= 4 is 17.3 Å². The van der Waals surface area contributed by atoms with Crippen LogP contribution in [0.25, 0.3) is 0 Å². The third kappa shape index (κ3) is 4.02. The number of ether oxygens (including phenoxy) is 1. The van der Waals surface area contributed by atoms with Crippen molar-refractivity contribution < 1.29 is 9.66 Å². The van der Waals surface area contributed by atoms with Crippen LogP contribution in [0.1, 0.15) is 6.92 Å². The van der Waals surface area contributed by atoms with E-state index < -0.39 is 4.92 Å². The molecule has 0 aromatic carbocycles. The van der Waals surface area contributed by atoms with Gasteiger partial charge in [0.05, 0.1) is 17.6 Å². The highest BCUT2D eigenvalue weighted by Gasteiger charge is 2.21. The fraction of sp³-hybridized carbons (Fsp3) is 0.615. The number of nitro groups is 1. The number of morpholine rings is 1. The standard InChI is InChI=1S/C13H21N5O3/c1-3-17-6-7-21-10(9-17)8-15-13-11(18(19)20)4-5-12(14-2)16-13/h4-5,10H,3,6-9H2,1-2H3,(H2,14,15,16). The minimum atomic E-state index is -0.436. The van der Waals surface area contributed by atoms with Crippen LogP contribution < -0.4 is 10.6 Å². The van der Waals surface area contributed by atoms with Crippen molar-refractivity contribution in [2.45, 2.75) is 13.0 Å². The largest absolute Gasteiger partial charge is 0.374 e. The van der Waals surface area contributed by atoms with Gasteiger partial charge in [0, 0.05) is 32.7 Å². The summed E-state index contributed by atoms with van der Waals surface area (Å²) in [5.41, 5.74) is -0.0304. The zero-order valence-corrected chi connectivity index (χ0v) is 12.3. The summed E-state index contributed by atoms with van der Waals surface area (Å²) >= 11 is 0. The van der Waals surface area contributed by atoms with Crippen LogP contribution in [0.3, 0.4) is 0 Å². The van der Waals surface area contributed by atoms with Crippen molar-refractivity contribution in [3.63, 3.8) is 0 Å². The monoisotopic (exact) mass is 295 g/mol. The van der Waals surface area contributed by atoms with Gasteiger partial charge in [-0.05, 0) is 12.6 Å². The minimum absolute atomic E-state index is 0.0124. The second-order valence-electron chi connectivity index (χ2n) is 4.84. The summed E-state index contributed by atoms with van der Waals surface area (Å²) in [6, 6.07) is 3.03. The van der Waals surface area contributed by atoms with Crippen molar-refractivity contribution in [1.82, 2.24) is 9.88 Å². The average Bonchev–Trinajstić information content (AvgIpc) is 2.52. The molecule has 1 atom stereocenters. The molecule has 1 aliphatic rings. The molecule has 1 saturated heterocycles. The molecule has 2 rings (SSSR count). The molecule has 8 nitrogen and oxygen atoms in total. The first kappa shape index (κ1) is 15.5. The molecule has 1 aromatic rings. The smallest absolute Gasteiger partial charge is 0.311 e. The van der Waals surface area contributed by atoms with Gasteiger partial charge in [0.1, 0.15) is 5.82 Å². The second kappa shape index (κ2) is 7.19. The van der Waals surface area contributed by atoms with E-state index in [0.29, 0.717) is 19.0 Å². The Morgan fingerprint density at radius 2 is 2.38 bits per heavy atom. The molecule has 0 saturated carbocycles.